The Morgan fingerprint density at radius 3 is 2.52 bits per heavy atom. The molecule has 2 aromatic rings. The van der Waals surface area contributed by atoms with E-state index in [1.807, 2.05) is 25.1 Å². The lowest BCUT2D eigenvalue weighted by atomic mass is 10.1. The number of aryl methyl sites for hydroxylation is 2. The number of benzene rings is 2. The molecule has 0 fully saturated rings. The number of carbonyl (C=O) groups excluding carboxylic acids is 1. The predicted molar refractivity (Wildman–Crippen MR) is 97.9 cm³/mol. The number of rotatable bonds is 5. The molecule has 0 aromatic heterocycles. The minimum atomic E-state index is -3.85. The molecule has 25 heavy (non-hydrogen) atoms. The SMILES string of the molecule is COc1ccc(C)cc1/C=C/C(=O)Nc1ccc(C)c(S(N)(=O)=O)c1. The molecule has 7 heteroatoms. The fourth-order valence-electron chi connectivity index (χ4n) is 2.32. The maximum atomic E-state index is 12.1. The molecular formula is C18H20N2O4S. The lowest BCUT2D eigenvalue weighted by Gasteiger charge is -2.08. The van der Waals surface area contributed by atoms with Crippen molar-refractivity contribution in [1.29, 1.82) is 0 Å². The number of nitrogens with one attached hydrogen (secondary N) is 1. The zero-order valence-electron chi connectivity index (χ0n) is 14.2. The lowest BCUT2D eigenvalue weighted by molar-refractivity contribution is -0.111. The highest BCUT2D eigenvalue weighted by atomic mass is 32.2. The number of nitrogens with two attached hydrogens (primary N) is 1. The number of sulfonamides is 1. The van der Waals surface area contributed by atoms with E-state index in [1.165, 1.54) is 12.1 Å². The van der Waals surface area contributed by atoms with Gasteiger partial charge >= 0.3 is 0 Å². The van der Waals surface area contributed by atoms with E-state index in [-0.39, 0.29) is 4.90 Å². The van der Waals surface area contributed by atoms with Gasteiger partial charge in [0.15, 0.2) is 0 Å². The van der Waals surface area contributed by atoms with Gasteiger partial charge in [0.1, 0.15) is 5.75 Å². The second-order valence-electron chi connectivity index (χ2n) is 5.59. The van der Waals surface area contributed by atoms with Gasteiger partial charge in [-0.05, 0) is 49.8 Å². The highest BCUT2D eigenvalue weighted by molar-refractivity contribution is 7.89. The van der Waals surface area contributed by atoms with Crippen molar-refractivity contribution in [2.45, 2.75) is 18.7 Å². The van der Waals surface area contributed by atoms with Crippen LogP contribution in [-0.4, -0.2) is 21.4 Å². The number of hydrogen-bond donors (Lipinski definition) is 2. The van der Waals surface area contributed by atoms with Crippen molar-refractivity contribution in [3.05, 3.63) is 59.2 Å². The smallest absolute Gasteiger partial charge is 0.248 e. The van der Waals surface area contributed by atoms with Gasteiger partial charge in [-0.1, -0.05) is 17.7 Å². The van der Waals surface area contributed by atoms with Gasteiger partial charge in [0, 0.05) is 17.3 Å². The Morgan fingerprint density at radius 2 is 1.88 bits per heavy atom. The van der Waals surface area contributed by atoms with E-state index in [9.17, 15) is 13.2 Å². The van der Waals surface area contributed by atoms with Crippen molar-refractivity contribution in [3.8, 4) is 5.75 Å². The number of amides is 1. The fourth-order valence-corrected chi connectivity index (χ4v) is 3.13. The van der Waals surface area contributed by atoms with Crippen molar-refractivity contribution in [3.63, 3.8) is 0 Å². The summed E-state index contributed by atoms with van der Waals surface area (Å²) in [7, 11) is -2.29. The maximum absolute atomic E-state index is 12.1. The predicted octanol–water partition coefficient (Wildman–Crippen LogP) is 2.61. The molecule has 3 N–H and O–H groups in total. The van der Waals surface area contributed by atoms with Crippen LogP contribution in [0.25, 0.3) is 6.08 Å². The number of carbonyl (C=O) groups is 1. The van der Waals surface area contributed by atoms with Gasteiger partial charge in [0.05, 0.1) is 12.0 Å². The van der Waals surface area contributed by atoms with Crippen molar-refractivity contribution < 1.29 is 17.9 Å². The number of primary sulfonamides is 1. The van der Waals surface area contributed by atoms with E-state index >= 15 is 0 Å². The first-order valence-electron chi connectivity index (χ1n) is 7.48. The Kier molecular flexibility index (Phi) is 5.61. The molecule has 1 amide bonds. The summed E-state index contributed by atoms with van der Waals surface area (Å²) >= 11 is 0. The Balaban J connectivity index is 2.20. The lowest BCUT2D eigenvalue weighted by Crippen LogP contribution is -2.15. The average molecular weight is 360 g/mol. The van der Waals surface area contributed by atoms with E-state index in [1.54, 1.807) is 32.2 Å². The Morgan fingerprint density at radius 1 is 1.16 bits per heavy atom. The molecule has 0 spiro atoms. The topological polar surface area (TPSA) is 98.5 Å². The minimum absolute atomic E-state index is 0.0189. The molecule has 0 radical (unpaired) electrons. The zero-order chi connectivity index (χ0) is 18.6. The van der Waals surface area contributed by atoms with E-state index in [0.29, 0.717) is 17.0 Å². The van der Waals surface area contributed by atoms with Crippen LogP contribution in [-0.2, 0) is 14.8 Å². The number of hydrogen-bond acceptors (Lipinski definition) is 4. The van der Waals surface area contributed by atoms with Crippen LogP contribution in [0.5, 0.6) is 5.75 Å². The zero-order valence-corrected chi connectivity index (χ0v) is 15.1. The second kappa shape index (κ2) is 7.50. The van der Waals surface area contributed by atoms with Gasteiger partial charge in [0.2, 0.25) is 15.9 Å². The largest absolute Gasteiger partial charge is 0.496 e. The van der Waals surface area contributed by atoms with Crippen LogP contribution in [0.4, 0.5) is 5.69 Å². The van der Waals surface area contributed by atoms with Crippen LogP contribution >= 0.6 is 0 Å². The van der Waals surface area contributed by atoms with Crippen molar-refractivity contribution in [1.82, 2.24) is 0 Å². The molecular weight excluding hydrogens is 340 g/mol. The Hall–Kier alpha value is -2.64. The van der Waals surface area contributed by atoms with Gasteiger partial charge in [-0.3, -0.25) is 4.79 Å². The van der Waals surface area contributed by atoms with Crippen molar-refractivity contribution >= 4 is 27.7 Å². The van der Waals surface area contributed by atoms with Crippen molar-refractivity contribution in [2.75, 3.05) is 12.4 Å². The molecule has 2 rings (SSSR count). The average Bonchev–Trinajstić information content (AvgIpc) is 2.54. The molecule has 0 heterocycles. The summed E-state index contributed by atoms with van der Waals surface area (Å²) in [5.41, 5.74) is 2.67. The summed E-state index contributed by atoms with van der Waals surface area (Å²) in [6.45, 7) is 3.58. The quantitative estimate of drug-likeness (QED) is 0.801. The molecule has 0 aliphatic rings. The van der Waals surface area contributed by atoms with E-state index in [0.717, 1.165) is 11.1 Å². The van der Waals surface area contributed by atoms with Crippen LogP contribution in [0.2, 0.25) is 0 Å². The highest BCUT2D eigenvalue weighted by Gasteiger charge is 2.12. The Labute approximate surface area is 147 Å². The van der Waals surface area contributed by atoms with Crippen LogP contribution < -0.4 is 15.2 Å². The summed E-state index contributed by atoms with van der Waals surface area (Å²) < 4.78 is 28.3. The number of anilines is 1. The Bertz CT molecular complexity index is 934. The molecule has 2 aromatic carbocycles. The van der Waals surface area contributed by atoms with Crippen LogP contribution in [0.15, 0.2) is 47.4 Å². The maximum Gasteiger partial charge on any atom is 0.248 e. The summed E-state index contributed by atoms with van der Waals surface area (Å²) in [5, 5.41) is 7.79. The third-order valence-corrected chi connectivity index (χ3v) is 4.61. The highest BCUT2D eigenvalue weighted by Crippen LogP contribution is 2.22. The number of methoxy groups -OCH3 is 1. The van der Waals surface area contributed by atoms with Gasteiger partial charge in [0.25, 0.3) is 0 Å². The van der Waals surface area contributed by atoms with Gasteiger partial charge < -0.3 is 10.1 Å². The monoisotopic (exact) mass is 360 g/mol. The molecule has 0 aliphatic carbocycles. The summed E-state index contributed by atoms with van der Waals surface area (Å²) in [5.74, 6) is 0.259. The molecule has 0 bridgehead atoms. The van der Waals surface area contributed by atoms with Crippen LogP contribution in [0.3, 0.4) is 0 Å². The molecule has 0 unspecified atom stereocenters. The van der Waals surface area contributed by atoms with Gasteiger partial charge in [-0.15, -0.1) is 0 Å². The van der Waals surface area contributed by atoms with Gasteiger partial charge in [-0.25, -0.2) is 13.6 Å². The third-order valence-electron chi connectivity index (χ3n) is 3.56. The van der Waals surface area contributed by atoms with Crippen LogP contribution in [0.1, 0.15) is 16.7 Å². The number of ether oxygens (including phenoxy) is 1. The molecule has 0 aliphatic heterocycles. The summed E-state index contributed by atoms with van der Waals surface area (Å²) in [6.07, 6.45) is 2.99. The fraction of sp³-hybridized carbons (Fsp3) is 0.167. The first kappa shape index (κ1) is 18.7. The van der Waals surface area contributed by atoms with Crippen molar-refractivity contribution in [2.24, 2.45) is 5.14 Å². The van der Waals surface area contributed by atoms with Crippen LogP contribution in [0, 0.1) is 13.8 Å². The summed E-state index contributed by atoms with van der Waals surface area (Å²) in [4.78, 5) is 12.1. The molecule has 0 saturated carbocycles. The molecule has 6 nitrogen and oxygen atoms in total. The second-order valence-corrected chi connectivity index (χ2v) is 7.12. The minimum Gasteiger partial charge on any atom is -0.496 e. The standard InChI is InChI=1S/C18H20N2O4S/c1-12-4-8-16(24-3)14(10-12)6-9-18(21)20-15-7-5-13(2)17(11-15)25(19,22)23/h4-11H,1-3H3,(H,20,21)(H2,19,22,23)/b9-6+. The molecule has 0 atom stereocenters. The van der Waals surface area contributed by atoms with E-state index in [2.05, 4.69) is 5.32 Å². The first-order chi connectivity index (χ1) is 11.7. The normalized spacial score (nSPS) is 11.5. The molecule has 132 valence electrons. The van der Waals surface area contributed by atoms with E-state index < -0.39 is 15.9 Å². The van der Waals surface area contributed by atoms with E-state index in [4.69, 9.17) is 9.88 Å². The molecule has 0 saturated heterocycles. The summed E-state index contributed by atoms with van der Waals surface area (Å²) in [6, 6.07) is 10.2. The third kappa shape index (κ3) is 4.91. The van der Waals surface area contributed by atoms with Gasteiger partial charge in [-0.2, -0.15) is 0 Å². The first-order valence-corrected chi connectivity index (χ1v) is 9.02.